The minimum atomic E-state index is 1.03. The second-order valence-corrected chi connectivity index (χ2v) is 4.06. The highest BCUT2D eigenvalue weighted by Crippen LogP contribution is 2.23. The zero-order chi connectivity index (χ0) is 10.4. The molecule has 2 nitrogen and oxygen atoms in total. The Balaban J connectivity index is 2.49. The van der Waals surface area contributed by atoms with Gasteiger partial charge < -0.3 is 4.98 Å². The molecular weight excluding hydrogens is 184 g/mol. The van der Waals surface area contributed by atoms with Gasteiger partial charge in [0.05, 0.1) is 17.4 Å². The number of nitrogens with one attached hydrogen (secondary N) is 1. The van der Waals surface area contributed by atoms with Gasteiger partial charge in [-0.05, 0) is 47.9 Å². The standard InChI is InChI=1S/C13H12N2/c1-8-3-10-5-12-13(15-7-14-12)6-11(10)4-9(8)2/h3-7H,1-2H3,(H,14,15). The quantitative estimate of drug-likeness (QED) is 0.587. The van der Waals surface area contributed by atoms with E-state index in [9.17, 15) is 0 Å². The van der Waals surface area contributed by atoms with E-state index in [1.54, 1.807) is 6.33 Å². The second kappa shape index (κ2) is 2.83. The highest BCUT2D eigenvalue weighted by molar-refractivity contribution is 5.95. The van der Waals surface area contributed by atoms with Crippen LogP contribution in [0.25, 0.3) is 21.8 Å². The van der Waals surface area contributed by atoms with Gasteiger partial charge in [0.15, 0.2) is 0 Å². The first-order valence-corrected chi connectivity index (χ1v) is 5.08. The molecule has 3 aromatic rings. The number of rotatable bonds is 0. The molecule has 1 heterocycles. The molecule has 3 rings (SSSR count). The van der Waals surface area contributed by atoms with Crippen LogP contribution >= 0.6 is 0 Å². The molecule has 0 aliphatic heterocycles. The lowest BCUT2D eigenvalue weighted by molar-refractivity contribution is 1.34. The smallest absolute Gasteiger partial charge is 0.0931 e. The molecule has 15 heavy (non-hydrogen) atoms. The summed E-state index contributed by atoms with van der Waals surface area (Å²) >= 11 is 0. The van der Waals surface area contributed by atoms with Crippen LogP contribution in [-0.4, -0.2) is 9.97 Å². The molecule has 74 valence electrons. The van der Waals surface area contributed by atoms with E-state index >= 15 is 0 Å². The molecule has 0 bridgehead atoms. The van der Waals surface area contributed by atoms with E-state index in [0.717, 1.165) is 11.0 Å². The topological polar surface area (TPSA) is 28.7 Å². The van der Waals surface area contributed by atoms with Crippen molar-refractivity contribution in [2.75, 3.05) is 0 Å². The average Bonchev–Trinajstić information content (AvgIpc) is 2.63. The van der Waals surface area contributed by atoms with Crippen molar-refractivity contribution in [1.29, 1.82) is 0 Å². The number of hydrogen-bond donors (Lipinski definition) is 1. The second-order valence-electron chi connectivity index (χ2n) is 4.06. The third-order valence-electron chi connectivity index (χ3n) is 2.99. The first kappa shape index (κ1) is 8.48. The number of hydrogen-bond acceptors (Lipinski definition) is 1. The molecule has 1 aromatic heterocycles. The molecule has 2 aromatic carbocycles. The Kier molecular flexibility index (Phi) is 1.60. The van der Waals surface area contributed by atoms with Crippen LogP contribution < -0.4 is 0 Å². The summed E-state index contributed by atoms with van der Waals surface area (Å²) in [5, 5.41) is 2.53. The van der Waals surface area contributed by atoms with Crippen LogP contribution in [0.5, 0.6) is 0 Å². The summed E-state index contributed by atoms with van der Waals surface area (Å²) in [7, 11) is 0. The van der Waals surface area contributed by atoms with Gasteiger partial charge >= 0.3 is 0 Å². The average molecular weight is 196 g/mol. The maximum absolute atomic E-state index is 4.27. The number of H-pyrrole nitrogens is 1. The Bertz CT molecular complexity index is 594. The lowest BCUT2D eigenvalue weighted by atomic mass is 10.0. The molecular formula is C13H12N2. The van der Waals surface area contributed by atoms with Crippen LogP contribution in [0, 0.1) is 13.8 Å². The van der Waals surface area contributed by atoms with Gasteiger partial charge in [0, 0.05) is 0 Å². The Labute approximate surface area is 88.0 Å². The summed E-state index contributed by atoms with van der Waals surface area (Å²) in [5.74, 6) is 0. The van der Waals surface area contributed by atoms with Crippen molar-refractivity contribution >= 4 is 21.8 Å². The van der Waals surface area contributed by atoms with Crippen molar-refractivity contribution < 1.29 is 0 Å². The maximum atomic E-state index is 4.27. The lowest BCUT2D eigenvalue weighted by Crippen LogP contribution is -1.82. The van der Waals surface area contributed by atoms with Crippen molar-refractivity contribution in [1.82, 2.24) is 9.97 Å². The molecule has 0 saturated heterocycles. The van der Waals surface area contributed by atoms with Crippen molar-refractivity contribution in [3.05, 3.63) is 41.7 Å². The summed E-state index contributed by atoms with van der Waals surface area (Å²) in [4.78, 5) is 7.40. The molecule has 0 saturated carbocycles. The van der Waals surface area contributed by atoms with E-state index in [2.05, 4.69) is 48.1 Å². The maximum Gasteiger partial charge on any atom is 0.0931 e. The fourth-order valence-corrected chi connectivity index (χ4v) is 1.96. The number of aromatic nitrogens is 2. The molecule has 0 unspecified atom stereocenters. The van der Waals surface area contributed by atoms with Gasteiger partial charge in [0.1, 0.15) is 0 Å². The summed E-state index contributed by atoms with van der Waals surface area (Å²) in [5.41, 5.74) is 4.80. The van der Waals surface area contributed by atoms with Crippen LogP contribution in [0.15, 0.2) is 30.6 Å². The molecule has 0 amide bonds. The third kappa shape index (κ3) is 1.22. The largest absolute Gasteiger partial charge is 0.345 e. The molecule has 0 aliphatic carbocycles. The van der Waals surface area contributed by atoms with Crippen LogP contribution in [0.2, 0.25) is 0 Å². The molecule has 0 radical (unpaired) electrons. The van der Waals surface area contributed by atoms with Gasteiger partial charge in [-0.25, -0.2) is 4.98 Å². The SMILES string of the molecule is Cc1cc2cc3nc[nH]c3cc2cc1C. The van der Waals surface area contributed by atoms with E-state index in [0.29, 0.717) is 0 Å². The zero-order valence-corrected chi connectivity index (χ0v) is 8.83. The fourth-order valence-electron chi connectivity index (χ4n) is 1.96. The predicted molar refractivity (Wildman–Crippen MR) is 63.1 cm³/mol. The van der Waals surface area contributed by atoms with Crippen LogP contribution in [-0.2, 0) is 0 Å². The van der Waals surface area contributed by atoms with Gasteiger partial charge in [0.2, 0.25) is 0 Å². The zero-order valence-electron chi connectivity index (χ0n) is 8.83. The number of benzene rings is 2. The number of fused-ring (bicyclic) bond motifs is 2. The van der Waals surface area contributed by atoms with Crippen molar-refractivity contribution in [2.45, 2.75) is 13.8 Å². The summed E-state index contributed by atoms with van der Waals surface area (Å²) in [6, 6.07) is 8.74. The third-order valence-corrected chi connectivity index (χ3v) is 2.99. The molecule has 0 atom stereocenters. The molecule has 0 spiro atoms. The van der Waals surface area contributed by atoms with Crippen molar-refractivity contribution in [3.63, 3.8) is 0 Å². The number of aromatic amines is 1. The number of nitrogens with zero attached hydrogens (tertiary/aromatic N) is 1. The molecule has 0 aliphatic rings. The first-order chi connectivity index (χ1) is 7.24. The molecule has 1 N–H and O–H groups in total. The Morgan fingerprint density at radius 1 is 0.933 bits per heavy atom. The molecule has 2 heteroatoms. The van der Waals surface area contributed by atoms with Crippen LogP contribution in [0.1, 0.15) is 11.1 Å². The Morgan fingerprint density at radius 3 is 2.33 bits per heavy atom. The summed E-state index contributed by atoms with van der Waals surface area (Å²) in [6.07, 6.45) is 1.74. The highest BCUT2D eigenvalue weighted by atomic mass is 14.9. The van der Waals surface area contributed by atoms with E-state index in [1.165, 1.54) is 21.9 Å². The van der Waals surface area contributed by atoms with Gasteiger partial charge in [0.25, 0.3) is 0 Å². The molecule has 0 fully saturated rings. The first-order valence-electron chi connectivity index (χ1n) is 5.08. The van der Waals surface area contributed by atoms with Crippen molar-refractivity contribution in [2.24, 2.45) is 0 Å². The minimum Gasteiger partial charge on any atom is -0.345 e. The van der Waals surface area contributed by atoms with Crippen LogP contribution in [0.3, 0.4) is 0 Å². The van der Waals surface area contributed by atoms with E-state index in [-0.39, 0.29) is 0 Å². The van der Waals surface area contributed by atoms with E-state index in [1.807, 2.05) is 0 Å². The fraction of sp³-hybridized carbons (Fsp3) is 0.154. The van der Waals surface area contributed by atoms with Gasteiger partial charge in [-0.3, -0.25) is 0 Å². The van der Waals surface area contributed by atoms with E-state index < -0.39 is 0 Å². The van der Waals surface area contributed by atoms with Gasteiger partial charge in [-0.1, -0.05) is 12.1 Å². The summed E-state index contributed by atoms with van der Waals surface area (Å²) < 4.78 is 0. The van der Waals surface area contributed by atoms with Crippen LogP contribution in [0.4, 0.5) is 0 Å². The minimum absolute atomic E-state index is 1.03. The lowest BCUT2D eigenvalue weighted by Gasteiger charge is -2.03. The predicted octanol–water partition coefficient (Wildman–Crippen LogP) is 3.33. The number of aryl methyl sites for hydroxylation is 2. The normalized spacial score (nSPS) is 11.3. The number of imidazole rings is 1. The Hall–Kier alpha value is -1.83. The van der Waals surface area contributed by atoms with Gasteiger partial charge in [-0.2, -0.15) is 0 Å². The highest BCUT2D eigenvalue weighted by Gasteiger charge is 2.01. The monoisotopic (exact) mass is 196 g/mol. The van der Waals surface area contributed by atoms with E-state index in [4.69, 9.17) is 0 Å². The van der Waals surface area contributed by atoms with Gasteiger partial charge in [-0.15, -0.1) is 0 Å². The Morgan fingerprint density at radius 2 is 1.60 bits per heavy atom. The van der Waals surface area contributed by atoms with Crippen molar-refractivity contribution in [3.8, 4) is 0 Å². The summed E-state index contributed by atoms with van der Waals surface area (Å²) in [6.45, 7) is 4.29.